The first-order valence-electron chi connectivity index (χ1n) is 11.0. The van der Waals surface area contributed by atoms with Crippen molar-refractivity contribution in [2.45, 2.75) is 43.8 Å². The molecule has 1 amide bonds. The average Bonchev–Trinajstić information content (AvgIpc) is 2.84. The summed E-state index contributed by atoms with van der Waals surface area (Å²) in [5.74, 6) is 0.398. The van der Waals surface area contributed by atoms with Gasteiger partial charge in [-0.15, -0.1) is 10.2 Å². The van der Waals surface area contributed by atoms with Crippen LogP contribution in [0.5, 0.6) is 5.75 Å². The minimum atomic E-state index is -0.840. The molecule has 2 aliphatic rings. The minimum Gasteiger partial charge on any atom is -0.482 e. The molecule has 10 heteroatoms. The fourth-order valence-electron chi connectivity index (χ4n) is 4.53. The molecule has 33 heavy (non-hydrogen) atoms. The van der Waals surface area contributed by atoms with Crippen molar-refractivity contribution in [2.75, 3.05) is 31.2 Å². The Morgan fingerprint density at radius 3 is 2.79 bits per heavy atom. The van der Waals surface area contributed by atoms with Gasteiger partial charge in [0.15, 0.2) is 11.5 Å². The van der Waals surface area contributed by atoms with E-state index in [2.05, 4.69) is 10.2 Å². The molecule has 0 unspecified atom stereocenters. The molecule has 0 spiro atoms. The van der Waals surface area contributed by atoms with E-state index in [4.69, 9.17) is 26.8 Å². The number of primary amides is 1. The van der Waals surface area contributed by atoms with Crippen molar-refractivity contribution in [2.24, 2.45) is 5.73 Å². The van der Waals surface area contributed by atoms with Crippen LogP contribution < -0.4 is 15.4 Å². The second kappa shape index (κ2) is 9.91. The van der Waals surface area contributed by atoms with Gasteiger partial charge in [-0.1, -0.05) is 18.0 Å². The average molecular weight is 472 g/mol. The number of carbonyl (C=O) groups is 1. The van der Waals surface area contributed by atoms with E-state index in [9.17, 15) is 15.2 Å². The van der Waals surface area contributed by atoms with Crippen LogP contribution >= 0.6 is 11.6 Å². The third kappa shape index (κ3) is 4.88. The van der Waals surface area contributed by atoms with Crippen LogP contribution in [-0.2, 0) is 10.3 Å². The van der Waals surface area contributed by atoms with Crippen molar-refractivity contribution < 1.29 is 19.4 Å². The number of nitrogens with two attached hydrogens (primary N) is 1. The van der Waals surface area contributed by atoms with Crippen LogP contribution in [-0.4, -0.2) is 53.6 Å². The number of carbonyl (C=O) groups excluding carboxylic acids is 1. The molecule has 2 heterocycles. The highest BCUT2D eigenvalue weighted by atomic mass is 35.5. The lowest BCUT2D eigenvalue weighted by Gasteiger charge is -2.39. The molecule has 1 saturated carbocycles. The van der Waals surface area contributed by atoms with Crippen molar-refractivity contribution in [3.05, 3.63) is 46.1 Å². The largest absolute Gasteiger partial charge is 0.482 e. The maximum atomic E-state index is 12.3. The van der Waals surface area contributed by atoms with Crippen molar-refractivity contribution in [3.8, 4) is 11.8 Å². The first-order chi connectivity index (χ1) is 16.0. The van der Waals surface area contributed by atoms with Gasteiger partial charge in [0.05, 0.1) is 29.9 Å². The number of nitrogens with zero attached hydrogens (tertiary/aromatic N) is 4. The normalized spacial score (nSPS) is 20.2. The van der Waals surface area contributed by atoms with Gasteiger partial charge in [0.1, 0.15) is 17.4 Å². The standard InChI is InChI=1S/C23H26ClN5O4/c24-19-10-16(5-4-15(19)12-25)33-23(6-2-1-3-7-23)18-11-20(27-28-21(18)22(26)31)29-8-9-32-17(13-29)14-30/h4-5,10-11,17,30H,1-3,6-9,13-14H2,(H2,26,31)/t17-/m0/s1. The number of hydrogen-bond acceptors (Lipinski definition) is 8. The summed E-state index contributed by atoms with van der Waals surface area (Å²) in [5.41, 5.74) is 5.87. The van der Waals surface area contributed by atoms with Crippen LogP contribution in [0.25, 0.3) is 0 Å². The van der Waals surface area contributed by atoms with E-state index in [-0.39, 0.29) is 18.4 Å². The van der Waals surface area contributed by atoms with Crippen molar-refractivity contribution in [1.82, 2.24) is 10.2 Å². The van der Waals surface area contributed by atoms with Crippen LogP contribution in [0, 0.1) is 11.3 Å². The molecule has 1 aliphatic carbocycles. The second-order valence-electron chi connectivity index (χ2n) is 8.36. The number of rotatable bonds is 6. The molecule has 1 aromatic heterocycles. The predicted molar refractivity (Wildman–Crippen MR) is 121 cm³/mol. The van der Waals surface area contributed by atoms with Gasteiger partial charge in [0, 0.05) is 24.7 Å². The number of amides is 1. The van der Waals surface area contributed by atoms with Crippen LogP contribution in [0.15, 0.2) is 24.3 Å². The van der Waals surface area contributed by atoms with Gasteiger partial charge in [-0.25, -0.2) is 0 Å². The van der Waals surface area contributed by atoms with Gasteiger partial charge >= 0.3 is 0 Å². The first kappa shape index (κ1) is 23.2. The quantitative estimate of drug-likeness (QED) is 0.656. The molecule has 2 fully saturated rings. The van der Waals surface area contributed by atoms with Crippen LogP contribution in [0.3, 0.4) is 0 Å². The van der Waals surface area contributed by atoms with Crippen molar-refractivity contribution >= 4 is 23.3 Å². The number of anilines is 1. The Balaban J connectivity index is 1.76. The summed E-state index contributed by atoms with van der Waals surface area (Å²) in [7, 11) is 0. The molecule has 9 nitrogen and oxygen atoms in total. The number of aliphatic hydroxyl groups is 1. The molecule has 0 bridgehead atoms. The Labute approximate surface area is 197 Å². The lowest BCUT2D eigenvalue weighted by atomic mass is 9.78. The lowest BCUT2D eigenvalue weighted by molar-refractivity contribution is 0.00318. The molecule has 0 radical (unpaired) electrons. The number of nitriles is 1. The number of ether oxygens (including phenoxy) is 2. The lowest BCUT2D eigenvalue weighted by Crippen LogP contribution is -2.45. The summed E-state index contributed by atoms with van der Waals surface area (Å²) in [6, 6.07) is 8.80. The summed E-state index contributed by atoms with van der Waals surface area (Å²) in [6.45, 7) is 1.40. The Morgan fingerprint density at radius 2 is 2.12 bits per heavy atom. The van der Waals surface area contributed by atoms with E-state index in [0.717, 1.165) is 19.3 Å². The smallest absolute Gasteiger partial charge is 0.269 e. The summed E-state index contributed by atoms with van der Waals surface area (Å²) in [4.78, 5) is 14.3. The van der Waals surface area contributed by atoms with E-state index in [1.807, 2.05) is 17.0 Å². The number of hydrogen-bond donors (Lipinski definition) is 2. The Kier molecular flexibility index (Phi) is 6.98. The van der Waals surface area contributed by atoms with E-state index in [0.29, 0.717) is 60.3 Å². The molecule has 174 valence electrons. The summed E-state index contributed by atoms with van der Waals surface area (Å²) >= 11 is 6.24. The third-order valence-corrected chi connectivity index (χ3v) is 6.52. The number of benzene rings is 1. The van der Waals surface area contributed by atoms with E-state index < -0.39 is 11.5 Å². The van der Waals surface area contributed by atoms with Crippen LogP contribution in [0.1, 0.15) is 53.7 Å². The maximum absolute atomic E-state index is 12.3. The zero-order chi connectivity index (χ0) is 23.4. The highest BCUT2D eigenvalue weighted by molar-refractivity contribution is 6.31. The molecular weight excluding hydrogens is 446 g/mol. The minimum absolute atomic E-state index is 0.0763. The maximum Gasteiger partial charge on any atom is 0.269 e. The Bertz CT molecular complexity index is 1070. The second-order valence-corrected chi connectivity index (χ2v) is 8.77. The van der Waals surface area contributed by atoms with Gasteiger partial charge in [-0.3, -0.25) is 4.79 Å². The van der Waals surface area contributed by atoms with E-state index in [1.165, 1.54) is 0 Å². The first-order valence-corrected chi connectivity index (χ1v) is 11.4. The third-order valence-electron chi connectivity index (χ3n) is 6.21. The molecule has 3 N–H and O–H groups in total. The van der Waals surface area contributed by atoms with Gasteiger partial charge in [-0.2, -0.15) is 5.26 Å². The molecule has 1 atom stereocenters. The molecule has 4 rings (SSSR count). The monoisotopic (exact) mass is 471 g/mol. The zero-order valence-corrected chi connectivity index (χ0v) is 18.9. The number of aromatic nitrogens is 2. The topological polar surface area (TPSA) is 135 Å². The number of aliphatic hydroxyl groups excluding tert-OH is 1. The zero-order valence-electron chi connectivity index (χ0n) is 18.2. The highest BCUT2D eigenvalue weighted by Crippen LogP contribution is 2.43. The van der Waals surface area contributed by atoms with Crippen molar-refractivity contribution in [3.63, 3.8) is 0 Å². The Hall–Kier alpha value is -2.93. The van der Waals surface area contributed by atoms with E-state index in [1.54, 1.807) is 18.2 Å². The molecular formula is C23H26ClN5O4. The molecule has 1 saturated heterocycles. The van der Waals surface area contributed by atoms with Gasteiger partial charge in [0.2, 0.25) is 0 Å². The molecule has 2 aromatic rings. The fourth-order valence-corrected chi connectivity index (χ4v) is 4.74. The summed E-state index contributed by atoms with van der Waals surface area (Å²) < 4.78 is 12.1. The van der Waals surface area contributed by atoms with Crippen LogP contribution in [0.4, 0.5) is 5.82 Å². The van der Waals surface area contributed by atoms with E-state index >= 15 is 0 Å². The fraction of sp³-hybridized carbons (Fsp3) is 0.478. The predicted octanol–water partition coefficient (Wildman–Crippen LogP) is 2.54. The van der Waals surface area contributed by atoms with Crippen molar-refractivity contribution in [1.29, 1.82) is 5.26 Å². The summed E-state index contributed by atoms with van der Waals surface area (Å²) in [5, 5.41) is 27.4. The molecule has 1 aliphatic heterocycles. The number of halogens is 1. The highest BCUT2D eigenvalue weighted by Gasteiger charge is 2.41. The molecule has 1 aromatic carbocycles. The van der Waals surface area contributed by atoms with Gasteiger partial charge < -0.3 is 25.2 Å². The Morgan fingerprint density at radius 1 is 1.33 bits per heavy atom. The summed E-state index contributed by atoms with van der Waals surface area (Å²) in [6.07, 6.45) is 3.88. The SMILES string of the molecule is N#Cc1ccc(OC2(c3cc(N4CCO[C@H](CO)C4)nnc3C(N)=O)CCCCC2)cc1Cl. The van der Waals surface area contributed by atoms with Gasteiger partial charge in [0.25, 0.3) is 5.91 Å². The number of morpholine rings is 1. The van der Waals surface area contributed by atoms with Crippen LogP contribution in [0.2, 0.25) is 5.02 Å². The van der Waals surface area contributed by atoms with Gasteiger partial charge in [-0.05, 0) is 43.9 Å².